The molecule has 1 atom stereocenters. The summed E-state index contributed by atoms with van der Waals surface area (Å²) >= 11 is 0. The van der Waals surface area contributed by atoms with E-state index in [1.807, 2.05) is 0 Å². The predicted octanol–water partition coefficient (Wildman–Crippen LogP) is 18.1. The van der Waals surface area contributed by atoms with Crippen molar-refractivity contribution in [2.75, 3.05) is 19.8 Å². The van der Waals surface area contributed by atoms with Gasteiger partial charge in [-0.1, -0.05) is 229 Å². The molecule has 0 aliphatic rings. The number of carbonyl (C=O) groups excluding carboxylic acids is 2. The van der Waals surface area contributed by atoms with Gasteiger partial charge in [0.05, 0.1) is 6.61 Å². The van der Waals surface area contributed by atoms with Crippen LogP contribution in [0.2, 0.25) is 0 Å². The molecule has 5 heteroatoms. The molecule has 0 aliphatic heterocycles. The van der Waals surface area contributed by atoms with Crippen LogP contribution in [0.3, 0.4) is 0 Å². The molecule has 5 nitrogen and oxygen atoms in total. The molecule has 62 heavy (non-hydrogen) atoms. The minimum absolute atomic E-state index is 0.0761. The van der Waals surface area contributed by atoms with E-state index in [2.05, 4.69) is 81.5 Å². The normalized spacial score (nSPS) is 12.6. The molecule has 0 spiro atoms. The van der Waals surface area contributed by atoms with Gasteiger partial charge in [0.2, 0.25) is 0 Å². The van der Waals surface area contributed by atoms with E-state index in [1.54, 1.807) is 0 Å². The van der Waals surface area contributed by atoms with Gasteiger partial charge in [0.25, 0.3) is 0 Å². The summed E-state index contributed by atoms with van der Waals surface area (Å²) in [7, 11) is 0. The lowest BCUT2D eigenvalue weighted by molar-refractivity contribution is -0.163. The second kappa shape index (κ2) is 52.9. The van der Waals surface area contributed by atoms with Crippen LogP contribution >= 0.6 is 0 Å². The molecular weight excluding hydrogens is 765 g/mol. The highest BCUT2D eigenvalue weighted by atomic mass is 16.6. The fraction of sp³-hybridized carbons (Fsp3) is 0.789. The Bertz CT molecular complexity index is 1070. The number of allylic oxidation sites excluding steroid dienone is 10. The summed E-state index contributed by atoms with van der Waals surface area (Å²) in [5, 5.41) is 0. The minimum atomic E-state index is -0.544. The first-order valence-electron chi connectivity index (χ1n) is 26.8. The summed E-state index contributed by atoms with van der Waals surface area (Å²) in [5.41, 5.74) is 0. The second-order valence-corrected chi connectivity index (χ2v) is 17.8. The quantitative estimate of drug-likeness (QED) is 0.0346. The summed E-state index contributed by atoms with van der Waals surface area (Å²) in [5.74, 6) is -0.414. The first-order chi connectivity index (χ1) is 30.6. The van der Waals surface area contributed by atoms with Gasteiger partial charge in [0.1, 0.15) is 6.61 Å². The first-order valence-corrected chi connectivity index (χ1v) is 26.8. The van der Waals surface area contributed by atoms with Crippen molar-refractivity contribution >= 4 is 11.9 Å². The summed E-state index contributed by atoms with van der Waals surface area (Å²) < 4.78 is 17.4. The molecule has 0 N–H and O–H groups in total. The van der Waals surface area contributed by atoms with E-state index in [4.69, 9.17) is 14.2 Å². The van der Waals surface area contributed by atoms with Gasteiger partial charge >= 0.3 is 11.9 Å². The summed E-state index contributed by atoms with van der Waals surface area (Å²) in [6.07, 6.45) is 66.5. The molecule has 0 aliphatic carbocycles. The molecule has 0 bridgehead atoms. The van der Waals surface area contributed by atoms with Crippen molar-refractivity contribution in [2.45, 2.75) is 271 Å². The fourth-order valence-electron chi connectivity index (χ4n) is 7.56. The zero-order valence-corrected chi connectivity index (χ0v) is 41.4. The van der Waals surface area contributed by atoms with Crippen LogP contribution in [0.5, 0.6) is 0 Å². The molecule has 0 radical (unpaired) electrons. The van der Waals surface area contributed by atoms with E-state index < -0.39 is 6.10 Å². The van der Waals surface area contributed by atoms with Crippen molar-refractivity contribution in [3.63, 3.8) is 0 Å². The van der Waals surface area contributed by atoms with Gasteiger partial charge in [-0.2, -0.15) is 0 Å². The molecule has 0 amide bonds. The van der Waals surface area contributed by atoms with Gasteiger partial charge in [-0.3, -0.25) is 9.59 Å². The number of carbonyl (C=O) groups is 2. The maximum atomic E-state index is 12.8. The van der Waals surface area contributed by atoms with Gasteiger partial charge in [0.15, 0.2) is 6.10 Å². The van der Waals surface area contributed by atoms with Gasteiger partial charge in [-0.05, 0) is 83.5 Å². The SMILES string of the molecule is CC/C=C\C/C=C\C/C=C\C/C=C\CCCCCCCCC(=O)OCC(COCCCCCCCCCCCCCC)OC(=O)CCCCCCC/C=C\CCCCCCCC. The molecule has 0 aromatic rings. The van der Waals surface area contributed by atoms with E-state index in [0.717, 1.165) is 89.9 Å². The molecule has 0 saturated carbocycles. The van der Waals surface area contributed by atoms with E-state index in [9.17, 15) is 9.59 Å². The second-order valence-electron chi connectivity index (χ2n) is 17.8. The lowest BCUT2D eigenvalue weighted by Crippen LogP contribution is -2.30. The van der Waals surface area contributed by atoms with E-state index >= 15 is 0 Å². The lowest BCUT2D eigenvalue weighted by Gasteiger charge is -2.18. The summed E-state index contributed by atoms with van der Waals surface area (Å²) in [6.45, 7) is 7.72. The van der Waals surface area contributed by atoms with Crippen LogP contribution in [0.25, 0.3) is 0 Å². The zero-order chi connectivity index (χ0) is 44.9. The van der Waals surface area contributed by atoms with Crippen LogP contribution in [0.4, 0.5) is 0 Å². The Morgan fingerprint density at radius 3 is 1.18 bits per heavy atom. The Kier molecular flexibility index (Phi) is 50.9. The first kappa shape index (κ1) is 59.6. The molecule has 360 valence electrons. The van der Waals surface area contributed by atoms with Crippen molar-refractivity contribution in [3.8, 4) is 0 Å². The van der Waals surface area contributed by atoms with Crippen LogP contribution in [0, 0.1) is 0 Å². The molecule has 0 rings (SSSR count). The highest BCUT2D eigenvalue weighted by Crippen LogP contribution is 2.15. The van der Waals surface area contributed by atoms with Crippen LogP contribution in [0.15, 0.2) is 60.8 Å². The number of unbranched alkanes of at least 4 members (excludes halogenated alkanes) is 28. The maximum Gasteiger partial charge on any atom is 0.306 e. The van der Waals surface area contributed by atoms with Crippen molar-refractivity contribution in [3.05, 3.63) is 60.8 Å². The highest BCUT2D eigenvalue weighted by molar-refractivity contribution is 5.70. The Labute approximate surface area is 385 Å². The topological polar surface area (TPSA) is 61.8 Å². The van der Waals surface area contributed by atoms with E-state index in [1.165, 1.54) is 141 Å². The standard InChI is InChI=1S/C57H102O5/c1-4-7-10-13-16-19-22-25-27-28-29-30-32-33-35-38-41-44-47-50-56(58)61-54-55(53-60-52-49-46-43-40-37-24-21-18-15-12-9-6-3)62-57(59)51-48-45-42-39-36-34-31-26-23-20-17-14-11-8-5-2/h7,10,16,19,25-27,29-31,55H,4-6,8-9,11-15,17-18,20-24,28,32-54H2,1-3H3/b10-7-,19-16-,27-25-,30-29-,31-26-. The van der Waals surface area contributed by atoms with Gasteiger partial charge in [-0.25, -0.2) is 0 Å². The van der Waals surface area contributed by atoms with E-state index in [0.29, 0.717) is 19.4 Å². The Balaban J connectivity index is 4.27. The number of esters is 2. The molecule has 0 aromatic carbocycles. The van der Waals surface area contributed by atoms with Crippen LogP contribution in [-0.2, 0) is 23.8 Å². The third kappa shape index (κ3) is 50.2. The molecule has 0 aromatic heterocycles. The number of hydrogen-bond acceptors (Lipinski definition) is 5. The predicted molar refractivity (Wildman–Crippen MR) is 270 cm³/mol. The summed E-state index contributed by atoms with van der Waals surface area (Å²) in [6, 6.07) is 0. The monoisotopic (exact) mass is 867 g/mol. The Hall–Kier alpha value is -2.40. The van der Waals surface area contributed by atoms with Gasteiger partial charge < -0.3 is 14.2 Å². The number of hydrogen-bond donors (Lipinski definition) is 0. The van der Waals surface area contributed by atoms with Crippen LogP contribution in [-0.4, -0.2) is 37.9 Å². The maximum absolute atomic E-state index is 12.8. The van der Waals surface area contributed by atoms with Crippen LogP contribution < -0.4 is 0 Å². The lowest BCUT2D eigenvalue weighted by atomic mass is 10.1. The molecule has 0 saturated heterocycles. The van der Waals surface area contributed by atoms with Crippen molar-refractivity contribution < 1.29 is 23.8 Å². The van der Waals surface area contributed by atoms with E-state index in [-0.39, 0.29) is 25.2 Å². The van der Waals surface area contributed by atoms with Crippen molar-refractivity contribution in [1.29, 1.82) is 0 Å². The molecule has 0 fully saturated rings. The Morgan fingerprint density at radius 2 is 0.726 bits per heavy atom. The molecule has 1 unspecified atom stereocenters. The number of rotatable bonds is 49. The van der Waals surface area contributed by atoms with Crippen LogP contribution in [0.1, 0.15) is 265 Å². The smallest absolute Gasteiger partial charge is 0.306 e. The summed E-state index contributed by atoms with van der Waals surface area (Å²) in [4.78, 5) is 25.4. The zero-order valence-electron chi connectivity index (χ0n) is 41.4. The molecular formula is C57H102O5. The average Bonchev–Trinajstić information content (AvgIpc) is 3.27. The van der Waals surface area contributed by atoms with Gasteiger partial charge in [-0.15, -0.1) is 0 Å². The third-order valence-electron chi connectivity index (χ3n) is 11.5. The van der Waals surface area contributed by atoms with Gasteiger partial charge in [0, 0.05) is 19.4 Å². The molecule has 0 heterocycles. The Morgan fingerprint density at radius 1 is 0.371 bits per heavy atom. The minimum Gasteiger partial charge on any atom is -0.462 e. The number of ether oxygens (including phenoxy) is 3. The van der Waals surface area contributed by atoms with Crippen molar-refractivity contribution in [2.24, 2.45) is 0 Å². The van der Waals surface area contributed by atoms with Crippen molar-refractivity contribution in [1.82, 2.24) is 0 Å². The largest absolute Gasteiger partial charge is 0.462 e. The average molecular weight is 867 g/mol. The highest BCUT2D eigenvalue weighted by Gasteiger charge is 2.17. The fourth-order valence-corrected chi connectivity index (χ4v) is 7.56. The third-order valence-corrected chi connectivity index (χ3v) is 11.5.